The molecule has 1 aromatic carbocycles. The number of carbonyl (C=O) groups excluding carboxylic acids is 1. The van der Waals surface area contributed by atoms with E-state index in [1.165, 1.54) is 24.0 Å². The first-order valence-corrected chi connectivity index (χ1v) is 10.5. The molecule has 0 aliphatic heterocycles. The number of aliphatic hydroxyl groups is 1. The normalized spacial score (nSPS) is 24.3. The van der Waals surface area contributed by atoms with Crippen LogP contribution in [0.15, 0.2) is 36.5 Å². The molecule has 1 aliphatic rings. The second kappa shape index (κ2) is 7.95. The quantitative estimate of drug-likeness (QED) is 0.748. The minimum absolute atomic E-state index is 0.0746. The van der Waals surface area contributed by atoms with Gasteiger partial charge in [-0.15, -0.1) is 0 Å². The van der Waals surface area contributed by atoms with Gasteiger partial charge in [-0.2, -0.15) is 11.8 Å². The zero-order chi connectivity index (χ0) is 19.7. The van der Waals surface area contributed by atoms with Crippen LogP contribution in [0.3, 0.4) is 0 Å². The van der Waals surface area contributed by atoms with Crippen molar-refractivity contribution >= 4 is 40.9 Å². The number of halogens is 3. The molecule has 0 spiro atoms. The van der Waals surface area contributed by atoms with E-state index in [-0.39, 0.29) is 30.6 Å². The number of fused-ring (bicyclic) bond motifs is 1. The summed E-state index contributed by atoms with van der Waals surface area (Å²) in [6, 6.07) is 7.99. The van der Waals surface area contributed by atoms with Gasteiger partial charge in [0.05, 0.1) is 5.69 Å². The summed E-state index contributed by atoms with van der Waals surface area (Å²) in [7, 11) is 0. The van der Waals surface area contributed by atoms with Gasteiger partial charge in [-0.3, -0.25) is 9.78 Å². The van der Waals surface area contributed by atoms with E-state index in [0.29, 0.717) is 21.4 Å². The second-order valence-electron chi connectivity index (χ2n) is 6.58. The molecule has 0 radical (unpaired) electrons. The minimum atomic E-state index is -2.26. The van der Waals surface area contributed by atoms with E-state index in [0.717, 1.165) is 0 Å². The van der Waals surface area contributed by atoms with Crippen LogP contribution in [0.5, 0.6) is 0 Å². The summed E-state index contributed by atoms with van der Waals surface area (Å²) in [6.07, 6.45) is 3.36. The van der Waals surface area contributed by atoms with Gasteiger partial charge in [-0.25, -0.2) is 4.39 Å². The van der Waals surface area contributed by atoms with Crippen molar-refractivity contribution in [2.45, 2.75) is 30.7 Å². The molecular weight excluding hydrogens is 410 g/mol. The molecule has 1 aliphatic carbocycles. The molecular formula is C19H19Cl2FN2O2S. The Balaban J connectivity index is 1.85. The summed E-state index contributed by atoms with van der Waals surface area (Å²) in [5.74, 6) is -0.385. The fraction of sp³-hybridized carbons (Fsp3) is 0.368. The number of rotatable bonds is 5. The summed E-state index contributed by atoms with van der Waals surface area (Å²) in [4.78, 5) is 16.9. The van der Waals surface area contributed by atoms with Gasteiger partial charge in [0.25, 0.3) is 5.91 Å². The molecule has 2 unspecified atom stereocenters. The fourth-order valence-corrected chi connectivity index (χ4v) is 4.56. The third-order valence-electron chi connectivity index (χ3n) is 4.76. The zero-order valence-corrected chi connectivity index (χ0v) is 17.0. The zero-order valence-electron chi connectivity index (χ0n) is 14.6. The van der Waals surface area contributed by atoms with Crippen LogP contribution in [-0.2, 0) is 22.6 Å². The van der Waals surface area contributed by atoms with Crippen LogP contribution >= 0.6 is 35.0 Å². The Morgan fingerprint density at radius 3 is 2.85 bits per heavy atom. The summed E-state index contributed by atoms with van der Waals surface area (Å²) in [5, 5.41) is 14.4. The van der Waals surface area contributed by atoms with Crippen molar-refractivity contribution in [2.24, 2.45) is 0 Å². The Kier molecular flexibility index (Phi) is 6.01. The van der Waals surface area contributed by atoms with E-state index in [2.05, 4.69) is 10.3 Å². The van der Waals surface area contributed by atoms with Gasteiger partial charge in [-0.05, 0) is 42.9 Å². The van der Waals surface area contributed by atoms with Gasteiger partial charge in [0.15, 0.2) is 0 Å². The number of amides is 1. The van der Waals surface area contributed by atoms with E-state index in [1.807, 2.05) is 6.26 Å². The number of benzene rings is 1. The van der Waals surface area contributed by atoms with Gasteiger partial charge in [0.2, 0.25) is 5.67 Å². The lowest BCUT2D eigenvalue weighted by Crippen LogP contribution is -2.48. The predicted molar refractivity (Wildman–Crippen MR) is 107 cm³/mol. The summed E-state index contributed by atoms with van der Waals surface area (Å²) < 4.78 is 15.8. The second-order valence-corrected chi connectivity index (χ2v) is 8.29. The van der Waals surface area contributed by atoms with Crippen LogP contribution in [0.1, 0.15) is 29.7 Å². The van der Waals surface area contributed by atoms with Gasteiger partial charge in [0.1, 0.15) is 5.60 Å². The first kappa shape index (κ1) is 20.4. The minimum Gasteiger partial charge on any atom is -0.383 e. The Morgan fingerprint density at radius 1 is 1.37 bits per heavy atom. The van der Waals surface area contributed by atoms with Crippen LogP contribution in [0.2, 0.25) is 10.0 Å². The van der Waals surface area contributed by atoms with Crippen LogP contribution in [-0.4, -0.2) is 28.0 Å². The SMILES string of the molecule is CSCC1(O)CCC(F)(C(=O)NCc2ccc(Cl)cc2Cl)c2cccnc21. The number of nitrogens with zero attached hydrogens (tertiary/aromatic N) is 1. The number of carbonyl (C=O) groups is 1. The maximum Gasteiger partial charge on any atom is 0.262 e. The number of nitrogens with one attached hydrogen (secondary N) is 1. The maximum atomic E-state index is 15.8. The third-order valence-corrected chi connectivity index (χ3v) is 6.11. The van der Waals surface area contributed by atoms with Crippen molar-refractivity contribution in [3.05, 3.63) is 63.4 Å². The van der Waals surface area contributed by atoms with E-state index in [1.54, 1.807) is 24.3 Å². The highest BCUT2D eigenvalue weighted by atomic mass is 35.5. The molecule has 0 saturated heterocycles. The Labute approximate surface area is 171 Å². The lowest BCUT2D eigenvalue weighted by atomic mass is 9.75. The first-order valence-electron chi connectivity index (χ1n) is 8.38. The molecule has 0 saturated carbocycles. The molecule has 2 aromatic rings. The van der Waals surface area contributed by atoms with Crippen LogP contribution in [0.4, 0.5) is 4.39 Å². The smallest absolute Gasteiger partial charge is 0.262 e. The Morgan fingerprint density at radius 2 is 2.15 bits per heavy atom. The van der Waals surface area contributed by atoms with Crippen LogP contribution < -0.4 is 5.32 Å². The predicted octanol–water partition coefficient (Wildman–Crippen LogP) is 4.21. The van der Waals surface area contributed by atoms with Crippen molar-refractivity contribution in [2.75, 3.05) is 12.0 Å². The lowest BCUT2D eigenvalue weighted by Gasteiger charge is -2.39. The fourth-order valence-electron chi connectivity index (χ4n) is 3.32. The molecule has 4 nitrogen and oxygen atoms in total. The van der Waals surface area contributed by atoms with E-state index < -0.39 is 17.2 Å². The number of aromatic nitrogens is 1. The molecule has 2 atom stereocenters. The summed E-state index contributed by atoms with van der Waals surface area (Å²) >= 11 is 13.4. The molecule has 0 fully saturated rings. The van der Waals surface area contributed by atoms with Gasteiger partial charge in [0, 0.05) is 34.1 Å². The van der Waals surface area contributed by atoms with Crippen LogP contribution in [0, 0.1) is 0 Å². The van der Waals surface area contributed by atoms with E-state index in [4.69, 9.17) is 23.2 Å². The van der Waals surface area contributed by atoms with E-state index in [9.17, 15) is 9.90 Å². The average Bonchev–Trinajstić information content (AvgIpc) is 2.65. The van der Waals surface area contributed by atoms with Crippen molar-refractivity contribution in [1.82, 2.24) is 10.3 Å². The number of thioether (sulfide) groups is 1. The molecule has 144 valence electrons. The van der Waals surface area contributed by atoms with Crippen molar-refractivity contribution in [1.29, 1.82) is 0 Å². The monoisotopic (exact) mass is 428 g/mol. The topological polar surface area (TPSA) is 62.2 Å². The highest BCUT2D eigenvalue weighted by Gasteiger charge is 2.51. The number of pyridine rings is 1. The molecule has 8 heteroatoms. The summed E-state index contributed by atoms with van der Waals surface area (Å²) in [6.45, 7) is 0.0746. The Hall–Kier alpha value is -1.34. The lowest BCUT2D eigenvalue weighted by molar-refractivity contribution is -0.136. The van der Waals surface area contributed by atoms with Crippen LogP contribution in [0.25, 0.3) is 0 Å². The third kappa shape index (κ3) is 3.94. The van der Waals surface area contributed by atoms with Crippen molar-refractivity contribution < 1.29 is 14.3 Å². The number of alkyl halides is 1. The average molecular weight is 429 g/mol. The van der Waals surface area contributed by atoms with Crippen molar-refractivity contribution in [3.63, 3.8) is 0 Å². The number of hydrogen-bond acceptors (Lipinski definition) is 4. The molecule has 1 amide bonds. The first-order chi connectivity index (χ1) is 12.8. The number of hydrogen-bond donors (Lipinski definition) is 2. The standard InChI is InChI=1S/C19H19Cl2FN2O2S/c1-27-11-18(26)6-7-19(22,14-3-2-8-23-16(14)18)17(25)24-10-12-4-5-13(20)9-15(12)21/h2-5,8-9,26H,6-7,10-11H2,1H3,(H,24,25). The molecule has 3 rings (SSSR count). The van der Waals surface area contributed by atoms with Gasteiger partial charge in [-0.1, -0.05) is 35.3 Å². The van der Waals surface area contributed by atoms with Gasteiger partial charge >= 0.3 is 0 Å². The molecule has 1 aromatic heterocycles. The van der Waals surface area contributed by atoms with Gasteiger partial charge < -0.3 is 10.4 Å². The maximum absolute atomic E-state index is 15.8. The molecule has 1 heterocycles. The van der Waals surface area contributed by atoms with Crippen molar-refractivity contribution in [3.8, 4) is 0 Å². The summed E-state index contributed by atoms with van der Waals surface area (Å²) in [5.41, 5.74) is -2.52. The highest BCUT2D eigenvalue weighted by Crippen LogP contribution is 2.46. The van der Waals surface area contributed by atoms with E-state index >= 15 is 4.39 Å². The largest absolute Gasteiger partial charge is 0.383 e. The Bertz CT molecular complexity index is 869. The highest BCUT2D eigenvalue weighted by molar-refractivity contribution is 7.98. The molecule has 0 bridgehead atoms. The molecule has 27 heavy (non-hydrogen) atoms. The molecule has 2 N–H and O–H groups in total.